The van der Waals surface area contributed by atoms with Crippen molar-refractivity contribution in [2.24, 2.45) is 0 Å². The maximum absolute atomic E-state index is 12.4. The third kappa shape index (κ3) is 3.04. The number of rotatable bonds is 5. The van der Waals surface area contributed by atoms with Crippen LogP contribution in [-0.2, 0) is 17.9 Å². The van der Waals surface area contributed by atoms with Crippen LogP contribution in [0.1, 0.15) is 5.69 Å². The number of hydrogen-bond acceptors (Lipinski definition) is 4. The topological polar surface area (TPSA) is 86.1 Å². The molecule has 6 nitrogen and oxygen atoms in total. The predicted octanol–water partition coefficient (Wildman–Crippen LogP) is 3.19. The number of amides is 1. The summed E-state index contributed by atoms with van der Waals surface area (Å²) >= 11 is 0. The van der Waals surface area contributed by atoms with Crippen LogP contribution in [0.15, 0.2) is 71.6 Å². The zero-order valence-electron chi connectivity index (χ0n) is 14.1. The minimum absolute atomic E-state index is 0.105. The van der Waals surface area contributed by atoms with Gasteiger partial charge < -0.3 is 20.0 Å². The maximum atomic E-state index is 12.4. The second-order valence-corrected chi connectivity index (χ2v) is 5.99. The smallest absolute Gasteiger partial charge is 0.240 e. The van der Waals surface area contributed by atoms with Gasteiger partial charge in [-0.15, -0.1) is 0 Å². The molecule has 0 saturated carbocycles. The quantitative estimate of drug-likeness (QED) is 0.543. The van der Waals surface area contributed by atoms with E-state index >= 15 is 0 Å². The van der Waals surface area contributed by atoms with Gasteiger partial charge in [0.15, 0.2) is 12.2 Å². The number of nitrogens with zero attached hydrogens (tertiary/aromatic N) is 2. The lowest BCUT2D eigenvalue weighted by Crippen LogP contribution is -2.27. The number of carbonyl (C=O) groups is 1. The highest BCUT2D eigenvalue weighted by atomic mass is 16.3. The monoisotopic (exact) mass is 346 g/mol. The molecule has 130 valence electrons. The van der Waals surface area contributed by atoms with E-state index in [2.05, 4.69) is 10.3 Å². The predicted molar refractivity (Wildman–Crippen MR) is 100 cm³/mol. The lowest BCUT2D eigenvalue weighted by atomic mass is 10.1. The number of fused-ring (bicyclic) bond motifs is 1. The van der Waals surface area contributed by atoms with Crippen molar-refractivity contribution >= 4 is 22.5 Å². The normalized spacial score (nSPS) is 10.9. The molecule has 4 rings (SSSR count). The number of hydrogen-bond donors (Lipinski definition) is 2. The van der Waals surface area contributed by atoms with E-state index in [1.807, 2.05) is 65.4 Å². The molecule has 0 bridgehead atoms. The fourth-order valence-electron chi connectivity index (χ4n) is 3.00. The van der Waals surface area contributed by atoms with Gasteiger partial charge in [-0.05, 0) is 18.2 Å². The number of oxazole rings is 1. The maximum Gasteiger partial charge on any atom is 0.240 e. The Kier molecular flexibility index (Phi) is 4.15. The van der Waals surface area contributed by atoms with Crippen molar-refractivity contribution in [3.8, 4) is 11.3 Å². The van der Waals surface area contributed by atoms with E-state index in [4.69, 9.17) is 10.2 Å². The van der Waals surface area contributed by atoms with E-state index in [9.17, 15) is 4.79 Å². The average molecular weight is 346 g/mol. The summed E-state index contributed by atoms with van der Waals surface area (Å²) < 4.78 is 7.36. The minimum atomic E-state index is -0.105. The molecule has 0 fully saturated rings. The highest BCUT2D eigenvalue weighted by Gasteiger charge is 2.12. The summed E-state index contributed by atoms with van der Waals surface area (Å²) in [4.78, 5) is 16.6. The number of aromatic nitrogens is 2. The number of anilines is 1. The van der Waals surface area contributed by atoms with Gasteiger partial charge in [0, 0.05) is 22.8 Å². The van der Waals surface area contributed by atoms with Crippen LogP contribution in [-0.4, -0.2) is 15.5 Å². The van der Waals surface area contributed by atoms with Crippen LogP contribution < -0.4 is 11.1 Å². The van der Waals surface area contributed by atoms with E-state index in [1.165, 1.54) is 6.39 Å². The molecule has 2 aromatic carbocycles. The summed E-state index contributed by atoms with van der Waals surface area (Å²) in [6.45, 7) is 0.520. The lowest BCUT2D eigenvalue weighted by molar-refractivity contribution is -0.121. The third-order valence-corrected chi connectivity index (χ3v) is 4.29. The Morgan fingerprint density at radius 2 is 1.96 bits per heavy atom. The molecule has 2 aromatic heterocycles. The Hall–Kier alpha value is -3.54. The van der Waals surface area contributed by atoms with Gasteiger partial charge in [-0.25, -0.2) is 4.98 Å². The third-order valence-electron chi connectivity index (χ3n) is 4.29. The second kappa shape index (κ2) is 6.76. The van der Waals surface area contributed by atoms with Gasteiger partial charge in [-0.3, -0.25) is 4.79 Å². The highest BCUT2D eigenvalue weighted by Crippen LogP contribution is 2.23. The number of nitrogens with one attached hydrogen (secondary N) is 1. The fraction of sp³-hybridized carbons (Fsp3) is 0.100. The summed E-state index contributed by atoms with van der Waals surface area (Å²) in [5.41, 5.74) is 9.24. The first-order valence-electron chi connectivity index (χ1n) is 8.30. The molecular weight excluding hydrogens is 328 g/mol. The van der Waals surface area contributed by atoms with Gasteiger partial charge in [-0.2, -0.15) is 0 Å². The molecule has 0 atom stereocenters. The molecule has 1 amide bonds. The zero-order valence-corrected chi connectivity index (χ0v) is 14.1. The molecule has 4 aromatic rings. The Balaban J connectivity index is 1.45. The van der Waals surface area contributed by atoms with E-state index in [-0.39, 0.29) is 12.5 Å². The molecule has 0 unspecified atom stereocenters. The van der Waals surface area contributed by atoms with Crippen molar-refractivity contribution in [2.45, 2.75) is 13.1 Å². The van der Waals surface area contributed by atoms with Gasteiger partial charge in [-0.1, -0.05) is 36.4 Å². The van der Waals surface area contributed by atoms with Crippen molar-refractivity contribution in [1.29, 1.82) is 0 Å². The lowest BCUT2D eigenvalue weighted by Gasteiger charge is -2.07. The summed E-state index contributed by atoms with van der Waals surface area (Å²) in [7, 11) is 0. The first kappa shape index (κ1) is 16.0. The van der Waals surface area contributed by atoms with Crippen molar-refractivity contribution < 1.29 is 9.21 Å². The summed E-state index contributed by atoms with van der Waals surface area (Å²) in [5, 5.41) is 3.85. The Bertz CT molecular complexity index is 1050. The van der Waals surface area contributed by atoms with E-state index in [1.54, 1.807) is 0 Å². The highest BCUT2D eigenvalue weighted by molar-refractivity contribution is 5.92. The first-order valence-corrected chi connectivity index (χ1v) is 8.30. The van der Waals surface area contributed by atoms with Crippen molar-refractivity contribution in [3.63, 3.8) is 0 Å². The number of nitrogens with two attached hydrogens (primary N) is 1. The van der Waals surface area contributed by atoms with Crippen molar-refractivity contribution in [1.82, 2.24) is 14.9 Å². The van der Waals surface area contributed by atoms with Crippen molar-refractivity contribution in [3.05, 3.63) is 72.9 Å². The molecule has 6 heteroatoms. The number of benzene rings is 2. The van der Waals surface area contributed by atoms with E-state index in [0.29, 0.717) is 23.7 Å². The summed E-state index contributed by atoms with van der Waals surface area (Å²) in [6.07, 6.45) is 3.26. The van der Waals surface area contributed by atoms with Gasteiger partial charge >= 0.3 is 0 Å². The van der Waals surface area contributed by atoms with Gasteiger partial charge in [0.1, 0.15) is 12.2 Å². The fourth-order valence-corrected chi connectivity index (χ4v) is 3.00. The standard InChI is InChI=1S/C20H18N4O2/c21-16-7-4-8-18-15(16)9-10-24(18)12-19(25)22-11-17-20(26-13-23-17)14-5-2-1-3-6-14/h1-10,13H,11-12,21H2,(H,22,25). The van der Waals surface area contributed by atoms with Crippen LogP contribution in [0, 0.1) is 0 Å². The molecule has 3 N–H and O–H groups in total. The molecule has 0 aliphatic heterocycles. The van der Waals surface area contributed by atoms with Crippen molar-refractivity contribution in [2.75, 3.05) is 5.73 Å². The molecule has 0 saturated heterocycles. The molecular formula is C20H18N4O2. The van der Waals surface area contributed by atoms with Crippen LogP contribution in [0.4, 0.5) is 5.69 Å². The molecule has 0 spiro atoms. The van der Waals surface area contributed by atoms with E-state index < -0.39 is 0 Å². The number of nitrogen functional groups attached to an aromatic ring is 1. The van der Waals surface area contributed by atoms with Gasteiger partial charge in [0.25, 0.3) is 0 Å². The van der Waals surface area contributed by atoms with Crippen LogP contribution >= 0.6 is 0 Å². The summed E-state index contributed by atoms with van der Waals surface area (Å²) in [5.74, 6) is 0.567. The SMILES string of the molecule is Nc1cccc2c1ccn2CC(=O)NCc1ncoc1-c1ccccc1. The number of carbonyl (C=O) groups excluding carboxylic acids is 1. The zero-order chi connectivity index (χ0) is 17.9. The minimum Gasteiger partial charge on any atom is -0.443 e. The van der Waals surface area contributed by atoms with Crippen LogP contribution in [0.5, 0.6) is 0 Å². The Morgan fingerprint density at radius 1 is 1.12 bits per heavy atom. The molecule has 0 radical (unpaired) electrons. The Labute approximate surface area is 150 Å². The summed E-state index contributed by atoms with van der Waals surface area (Å²) in [6, 6.07) is 17.3. The average Bonchev–Trinajstić information content (AvgIpc) is 3.29. The molecule has 0 aliphatic carbocycles. The van der Waals surface area contributed by atoms with Gasteiger partial charge in [0.05, 0.1) is 12.1 Å². The molecule has 2 heterocycles. The van der Waals surface area contributed by atoms with Crippen LogP contribution in [0.2, 0.25) is 0 Å². The van der Waals surface area contributed by atoms with Gasteiger partial charge in [0.2, 0.25) is 5.91 Å². The van der Waals surface area contributed by atoms with Crippen LogP contribution in [0.25, 0.3) is 22.2 Å². The first-order chi connectivity index (χ1) is 12.7. The molecule has 26 heavy (non-hydrogen) atoms. The largest absolute Gasteiger partial charge is 0.443 e. The Morgan fingerprint density at radius 3 is 2.81 bits per heavy atom. The second-order valence-electron chi connectivity index (χ2n) is 5.99. The van der Waals surface area contributed by atoms with Crippen LogP contribution in [0.3, 0.4) is 0 Å². The van der Waals surface area contributed by atoms with E-state index in [0.717, 1.165) is 16.5 Å². The molecule has 0 aliphatic rings.